The summed E-state index contributed by atoms with van der Waals surface area (Å²) in [7, 11) is 0. The highest BCUT2D eigenvalue weighted by Crippen LogP contribution is 2.30. The standard InChI is InChI=1S/C21H26N4O2/c1-15-5-3-8-18(11-15)27-20-12-19(22-14-23-20)24-9-10-25(16(2)13-24)21(26)17-6-4-7-17/h3,5,8,11-12,14,16-17H,4,6-7,9-10,13H2,1-2H3. The molecule has 2 aliphatic rings. The molecule has 0 radical (unpaired) electrons. The quantitative estimate of drug-likeness (QED) is 0.830. The first-order valence-corrected chi connectivity index (χ1v) is 9.72. The molecule has 0 bridgehead atoms. The van der Waals surface area contributed by atoms with Gasteiger partial charge in [0, 0.05) is 37.7 Å². The van der Waals surface area contributed by atoms with Crippen molar-refractivity contribution in [1.82, 2.24) is 14.9 Å². The molecule has 1 saturated carbocycles. The Hall–Kier alpha value is -2.63. The van der Waals surface area contributed by atoms with Crippen LogP contribution in [0, 0.1) is 12.8 Å². The highest BCUT2D eigenvalue weighted by molar-refractivity contribution is 5.80. The van der Waals surface area contributed by atoms with Crippen molar-refractivity contribution in [2.24, 2.45) is 5.92 Å². The van der Waals surface area contributed by atoms with Gasteiger partial charge in [-0.3, -0.25) is 4.79 Å². The number of anilines is 1. The van der Waals surface area contributed by atoms with E-state index in [9.17, 15) is 4.79 Å². The van der Waals surface area contributed by atoms with E-state index in [-0.39, 0.29) is 12.0 Å². The summed E-state index contributed by atoms with van der Waals surface area (Å²) in [6, 6.07) is 9.95. The Morgan fingerprint density at radius 2 is 2.04 bits per heavy atom. The summed E-state index contributed by atoms with van der Waals surface area (Å²) in [5.41, 5.74) is 1.14. The van der Waals surface area contributed by atoms with Crippen molar-refractivity contribution in [3.63, 3.8) is 0 Å². The van der Waals surface area contributed by atoms with Gasteiger partial charge < -0.3 is 14.5 Å². The van der Waals surface area contributed by atoms with Crippen molar-refractivity contribution in [1.29, 1.82) is 0 Å². The number of aromatic nitrogens is 2. The van der Waals surface area contributed by atoms with Gasteiger partial charge in [-0.15, -0.1) is 0 Å². The summed E-state index contributed by atoms with van der Waals surface area (Å²) in [6.45, 7) is 6.45. The van der Waals surface area contributed by atoms with Crippen molar-refractivity contribution >= 4 is 11.7 Å². The molecule has 6 nitrogen and oxygen atoms in total. The van der Waals surface area contributed by atoms with Crippen LogP contribution in [0.1, 0.15) is 31.7 Å². The molecular weight excluding hydrogens is 340 g/mol. The fourth-order valence-electron chi connectivity index (χ4n) is 3.74. The van der Waals surface area contributed by atoms with Crippen LogP contribution in [0.4, 0.5) is 5.82 Å². The van der Waals surface area contributed by atoms with E-state index < -0.39 is 0 Å². The molecule has 1 aliphatic carbocycles. The topological polar surface area (TPSA) is 58.6 Å². The predicted molar refractivity (Wildman–Crippen MR) is 104 cm³/mol. The van der Waals surface area contributed by atoms with E-state index in [0.29, 0.717) is 11.8 Å². The van der Waals surface area contributed by atoms with Crippen LogP contribution in [-0.4, -0.2) is 46.5 Å². The zero-order valence-electron chi connectivity index (χ0n) is 16.0. The highest BCUT2D eigenvalue weighted by Gasteiger charge is 2.34. The van der Waals surface area contributed by atoms with Crippen LogP contribution in [0.15, 0.2) is 36.7 Å². The second kappa shape index (κ2) is 7.55. The number of amides is 1. The maximum atomic E-state index is 12.6. The first-order chi connectivity index (χ1) is 13.1. The second-order valence-corrected chi connectivity index (χ2v) is 7.59. The van der Waals surface area contributed by atoms with Gasteiger partial charge in [-0.05, 0) is 44.4 Å². The highest BCUT2D eigenvalue weighted by atomic mass is 16.5. The number of ether oxygens (including phenoxy) is 1. The lowest BCUT2D eigenvalue weighted by Gasteiger charge is -2.43. The van der Waals surface area contributed by atoms with E-state index in [4.69, 9.17) is 4.74 Å². The van der Waals surface area contributed by atoms with E-state index >= 15 is 0 Å². The van der Waals surface area contributed by atoms with Crippen LogP contribution >= 0.6 is 0 Å². The third-order valence-electron chi connectivity index (χ3n) is 5.53. The minimum Gasteiger partial charge on any atom is -0.439 e. The molecule has 142 valence electrons. The third-order valence-corrected chi connectivity index (χ3v) is 5.53. The maximum absolute atomic E-state index is 12.6. The summed E-state index contributed by atoms with van der Waals surface area (Å²) < 4.78 is 5.89. The zero-order chi connectivity index (χ0) is 18.8. The van der Waals surface area contributed by atoms with Crippen LogP contribution in [-0.2, 0) is 4.79 Å². The molecule has 2 fully saturated rings. The first kappa shape index (κ1) is 17.8. The van der Waals surface area contributed by atoms with Gasteiger partial charge >= 0.3 is 0 Å². The van der Waals surface area contributed by atoms with E-state index in [1.807, 2.05) is 42.2 Å². The van der Waals surface area contributed by atoms with Crippen molar-refractivity contribution in [2.75, 3.05) is 24.5 Å². The van der Waals surface area contributed by atoms with Gasteiger partial charge in [-0.2, -0.15) is 0 Å². The van der Waals surface area contributed by atoms with Crippen molar-refractivity contribution in [3.05, 3.63) is 42.2 Å². The Kier molecular flexibility index (Phi) is 4.97. The predicted octanol–water partition coefficient (Wildman–Crippen LogP) is 3.41. The molecule has 27 heavy (non-hydrogen) atoms. The molecule has 1 saturated heterocycles. The molecule has 2 aromatic rings. The lowest BCUT2D eigenvalue weighted by molar-refractivity contribution is -0.140. The van der Waals surface area contributed by atoms with E-state index in [1.165, 1.54) is 12.7 Å². The number of rotatable bonds is 4. The van der Waals surface area contributed by atoms with Gasteiger partial charge in [0.05, 0.1) is 0 Å². The van der Waals surface area contributed by atoms with Crippen molar-refractivity contribution in [3.8, 4) is 11.6 Å². The second-order valence-electron chi connectivity index (χ2n) is 7.59. The average Bonchev–Trinajstić information content (AvgIpc) is 2.60. The SMILES string of the molecule is Cc1cccc(Oc2cc(N3CCN(C(=O)C4CCC4)C(C)C3)ncn2)c1. The average molecular weight is 366 g/mol. The van der Waals surface area contributed by atoms with E-state index in [2.05, 4.69) is 21.8 Å². The summed E-state index contributed by atoms with van der Waals surface area (Å²) >= 11 is 0. The molecule has 1 atom stereocenters. The fraction of sp³-hybridized carbons (Fsp3) is 0.476. The van der Waals surface area contributed by atoms with Crippen LogP contribution in [0.25, 0.3) is 0 Å². The number of benzene rings is 1. The van der Waals surface area contributed by atoms with Crippen LogP contribution < -0.4 is 9.64 Å². The lowest BCUT2D eigenvalue weighted by atomic mass is 9.84. The fourth-order valence-corrected chi connectivity index (χ4v) is 3.74. The van der Waals surface area contributed by atoms with Gasteiger partial charge in [0.2, 0.25) is 11.8 Å². The van der Waals surface area contributed by atoms with Gasteiger partial charge in [-0.1, -0.05) is 18.6 Å². The summed E-state index contributed by atoms with van der Waals surface area (Å²) in [5, 5.41) is 0. The number of piperazine rings is 1. The Labute approximate surface area is 160 Å². The molecule has 1 amide bonds. The van der Waals surface area contributed by atoms with Crippen molar-refractivity contribution < 1.29 is 9.53 Å². The molecule has 0 N–H and O–H groups in total. The van der Waals surface area contributed by atoms with Crippen LogP contribution in [0.3, 0.4) is 0 Å². The number of hydrogen-bond donors (Lipinski definition) is 0. The Bertz CT molecular complexity index is 821. The lowest BCUT2D eigenvalue weighted by Crippen LogP contribution is -2.56. The Morgan fingerprint density at radius 3 is 2.74 bits per heavy atom. The number of nitrogens with zero attached hydrogens (tertiary/aromatic N) is 4. The van der Waals surface area contributed by atoms with Crippen molar-refractivity contribution in [2.45, 2.75) is 39.2 Å². The summed E-state index contributed by atoms with van der Waals surface area (Å²) in [6.07, 6.45) is 4.83. The Morgan fingerprint density at radius 1 is 1.19 bits per heavy atom. The molecular formula is C21H26N4O2. The minimum absolute atomic E-state index is 0.183. The zero-order valence-corrected chi connectivity index (χ0v) is 16.0. The molecule has 2 heterocycles. The number of carbonyl (C=O) groups is 1. The summed E-state index contributed by atoms with van der Waals surface area (Å²) in [4.78, 5) is 25.5. The van der Waals surface area contributed by atoms with Gasteiger partial charge in [0.1, 0.15) is 17.9 Å². The first-order valence-electron chi connectivity index (χ1n) is 9.72. The monoisotopic (exact) mass is 366 g/mol. The van der Waals surface area contributed by atoms with Gasteiger partial charge in [-0.25, -0.2) is 9.97 Å². The molecule has 4 rings (SSSR count). The molecule has 1 aromatic heterocycles. The number of aryl methyl sites for hydroxylation is 1. The molecule has 0 spiro atoms. The number of carbonyl (C=O) groups excluding carboxylic acids is 1. The minimum atomic E-state index is 0.183. The van der Waals surface area contributed by atoms with Gasteiger partial charge in [0.25, 0.3) is 0 Å². The third kappa shape index (κ3) is 3.89. The van der Waals surface area contributed by atoms with Crippen LogP contribution in [0.2, 0.25) is 0 Å². The molecule has 1 unspecified atom stereocenters. The largest absolute Gasteiger partial charge is 0.439 e. The smallest absolute Gasteiger partial charge is 0.226 e. The number of hydrogen-bond acceptors (Lipinski definition) is 5. The Balaban J connectivity index is 1.42. The molecule has 6 heteroatoms. The normalized spacial score (nSPS) is 20.3. The molecule has 1 aliphatic heterocycles. The summed E-state index contributed by atoms with van der Waals surface area (Å²) in [5.74, 6) is 2.73. The van der Waals surface area contributed by atoms with Crippen LogP contribution in [0.5, 0.6) is 11.6 Å². The van der Waals surface area contributed by atoms with E-state index in [1.54, 1.807) is 0 Å². The molecule has 1 aromatic carbocycles. The maximum Gasteiger partial charge on any atom is 0.226 e. The van der Waals surface area contributed by atoms with E-state index in [0.717, 1.165) is 49.6 Å². The van der Waals surface area contributed by atoms with Gasteiger partial charge in [0.15, 0.2) is 0 Å².